The molecule has 0 aliphatic rings. The van der Waals surface area contributed by atoms with Crippen molar-refractivity contribution in [2.24, 2.45) is 0 Å². The zero-order chi connectivity index (χ0) is 14.3. The SMILES string of the molecule is Cc1ccc(C(C)(O)c2ccc3[nH]ccc3c2)cc1C. The van der Waals surface area contributed by atoms with E-state index in [1.54, 1.807) is 0 Å². The molecule has 0 saturated carbocycles. The van der Waals surface area contributed by atoms with Crippen LogP contribution in [-0.4, -0.2) is 10.1 Å². The van der Waals surface area contributed by atoms with Gasteiger partial charge in [0.1, 0.15) is 5.60 Å². The Labute approximate surface area is 119 Å². The lowest BCUT2D eigenvalue weighted by atomic mass is 9.86. The maximum absolute atomic E-state index is 11.0. The molecule has 102 valence electrons. The predicted octanol–water partition coefficient (Wildman–Crippen LogP) is 4.04. The van der Waals surface area contributed by atoms with Gasteiger partial charge in [-0.05, 0) is 66.6 Å². The number of hydrogen-bond donors (Lipinski definition) is 2. The smallest absolute Gasteiger partial charge is 0.112 e. The van der Waals surface area contributed by atoms with Crippen molar-refractivity contribution >= 4 is 10.9 Å². The van der Waals surface area contributed by atoms with E-state index in [2.05, 4.69) is 31.0 Å². The number of aryl methyl sites for hydroxylation is 2. The number of H-pyrrole nitrogens is 1. The van der Waals surface area contributed by atoms with Crippen molar-refractivity contribution in [3.63, 3.8) is 0 Å². The molecule has 3 rings (SSSR count). The minimum atomic E-state index is -0.982. The van der Waals surface area contributed by atoms with E-state index < -0.39 is 5.60 Å². The molecule has 0 fully saturated rings. The van der Waals surface area contributed by atoms with Crippen LogP contribution in [0.1, 0.15) is 29.2 Å². The fourth-order valence-electron chi connectivity index (χ4n) is 2.57. The summed E-state index contributed by atoms with van der Waals surface area (Å²) < 4.78 is 0. The highest BCUT2D eigenvalue weighted by Gasteiger charge is 2.26. The molecule has 2 N–H and O–H groups in total. The lowest BCUT2D eigenvalue weighted by Crippen LogP contribution is -2.22. The van der Waals surface area contributed by atoms with Crippen LogP contribution in [0.3, 0.4) is 0 Å². The summed E-state index contributed by atoms with van der Waals surface area (Å²) in [6, 6.07) is 14.2. The van der Waals surface area contributed by atoms with Gasteiger partial charge in [-0.15, -0.1) is 0 Å². The topological polar surface area (TPSA) is 36.0 Å². The molecule has 0 radical (unpaired) electrons. The van der Waals surface area contributed by atoms with Crippen LogP contribution in [-0.2, 0) is 5.60 Å². The summed E-state index contributed by atoms with van der Waals surface area (Å²) in [6.07, 6.45) is 1.92. The Morgan fingerprint density at radius 2 is 1.60 bits per heavy atom. The van der Waals surface area contributed by atoms with Crippen molar-refractivity contribution in [1.82, 2.24) is 4.98 Å². The summed E-state index contributed by atoms with van der Waals surface area (Å²) in [7, 11) is 0. The van der Waals surface area contributed by atoms with Crippen LogP contribution in [0, 0.1) is 13.8 Å². The average Bonchev–Trinajstić information content (AvgIpc) is 2.89. The van der Waals surface area contributed by atoms with Crippen molar-refractivity contribution in [2.45, 2.75) is 26.4 Å². The molecule has 1 heterocycles. The largest absolute Gasteiger partial charge is 0.381 e. The van der Waals surface area contributed by atoms with Crippen LogP contribution in [0.25, 0.3) is 10.9 Å². The number of aromatic nitrogens is 1. The molecule has 0 saturated heterocycles. The van der Waals surface area contributed by atoms with E-state index in [-0.39, 0.29) is 0 Å². The number of benzene rings is 2. The summed E-state index contributed by atoms with van der Waals surface area (Å²) in [5.74, 6) is 0. The van der Waals surface area contributed by atoms with Gasteiger partial charge in [-0.25, -0.2) is 0 Å². The monoisotopic (exact) mass is 265 g/mol. The molecule has 2 aromatic carbocycles. The average molecular weight is 265 g/mol. The minimum absolute atomic E-state index is 0.910. The summed E-state index contributed by atoms with van der Waals surface area (Å²) in [5.41, 5.74) is 4.38. The van der Waals surface area contributed by atoms with Gasteiger partial charge in [0.15, 0.2) is 0 Å². The van der Waals surface area contributed by atoms with E-state index in [0.717, 1.165) is 22.0 Å². The Morgan fingerprint density at radius 3 is 2.35 bits per heavy atom. The Hall–Kier alpha value is -2.06. The maximum atomic E-state index is 11.0. The van der Waals surface area contributed by atoms with E-state index in [1.807, 2.05) is 43.5 Å². The molecule has 2 heteroatoms. The van der Waals surface area contributed by atoms with Crippen LogP contribution >= 0.6 is 0 Å². The molecule has 0 spiro atoms. The second-order valence-electron chi connectivity index (χ2n) is 5.65. The van der Waals surface area contributed by atoms with Gasteiger partial charge in [0, 0.05) is 11.7 Å². The van der Waals surface area contributed by atoms with Crippen LogP contribution < -0.4 is 0 Å². The third-order valence-electron chi connectivity index (χ3n) is 4.18. The van der Waals surface area contributed by atoms with Crippen molar-refractivity contribution in [1.29, 1.82) is 0 Å². The molecule has 20 heavy (non-hydrogen) atoms. The summed E-state index contributed by atoms with van der Waals surface area (Å²) in [4.78, 5) is 3.17. The lowest BCUT2D eigenvalue weighted by Gasteiger charge is -2.25. The van der Waals surface area contributed by atoms with Gasteiger partial charge in [0.05, 0.1) is 0 Å². The first kappa shape index (κ1) is 12.9. The maximum Gasteiger partial charge on any atom is 0.112 e. The quantitative estimate of drug-likeness (QED) is 0.720. The molecule has 0 bridgehead atoms. The molecule has 0 aliphatic heterocycles. The highest BCUT2D eigenvalue weighted by molar-refractivity contribution is 5.80. The van der Waals surface area contributed by atoms with Gasteiger partial charge in [-0.2, -0.15) is 0 Å². The number of fused-ring (bicyclic) bond motifs is 1. The Kier molecular flexibility index (Phi) is 2.91. The van der Waals surface area contributed by atoms with E-state index in [4.69, 9.17) is 0 Å². The standard InChI is InChI=1S/C18H19NO/c1-12-4-5-15(10-13(12)2)18(3,20)16-6-7-17-14(11-16)8-9-19-17/h4-11,19-20H,1-3H3. The number of aliphatic hydroxyl groups is 1. The van der Waals surface area contributed by atoms with Gasteiger partial charge in [-0.3, -0.25) is 0 Å². The molecule has 3 aromatic rings. The van der Waals surface area contributed by atoms with Crippen molar-refractivity contribution in [3.8, 4) is 0 Å². The van der Waals surface area contributed by atoms with E-state index in [9.17, 15) is 5.11 Å². The van der Waals surface area contributed by atoms with Crippen LogP contribution in [0.4, 0.5) is 0 Å². The molecular formula is C18H19NO. The number of aromatic amines is 1. The Balaban J connectivity index is 2.11. The predicted molar refractivity (Wildman–Crippen MR) is 82.9 cm³/mol. The first-order chi connectivity index (χ1) is 9.48. The van der Waals surface area contributed by atoms with Crippen LogP contribution in [0.5, 0.6) is 0 Å². The highest BCUT2D eigenvalue weighted by Crippen LogP contribution is 2.31. The van der Waals surface area contributed by atoms with Crippen LogP contribution in [0.15, 0.2) is 48.7 Å². The summed E-state index contributed by atoms with van der Waals surface area (Å²) >= 11 is 0. The summed E-state index contributed by atoms with van der Waals surface area (Å²) in [5, 5.41) is 12.1. The lowest BCUT2D eigenvalue weighted by molar-refractivity contribution is 0.102. The normalized spacial score (nSPS) is 14.4. The number of hydrogen-bond acceptors (Lipinski definition) is 1. The van der Waals surface area contributed by atoms with Gasteiger partial charge in [0.25, 0.3) is 0 Å². The molecule has 2 nitrogen and oxygen atoms in total. The molecule has 1 atom stereocenters. The first-order valence-electron chi connectivity index (χ1n) is 6.86. The zero-order valence-electron chi connectivity index (χ0n) is 12.1. The molecule has 0 aliphatic carbocycles. The fourth-order valence-corrected chi connectivity index (χ4v) is 2.57. The van der Waals surface area contributed by atoms with E-state index in [0.29, 0.717) is 0 Å². The van der Waals surface area contributed by atoms with Gasteiger partial charge in [-0.1, -0.05) is 24.3 Å². The van der Waals surface area contributed by atoms with Gasteiger partial charge in [0.2, 0.25) is 0 Å². The zero-order valence-corrected chi connectivity index (χ0v) is 12.1. The third kappa shape index (κ3) is 2.02. The van der Waals surface area contributed by atoms with Crippen LogP contribution in [0.2, 0.25) is 0 Å². The third-order valence-corrected chi connectivity index (χ3v) is 4.18. The molecular weight excluding hydrogens is 246 g/mol. The van der Waals surface area contributed by atoms with E-state index in [1.165, 1.54) is 11.1 Å². The van der Waals surface area contributed by atoms with Gasteiger partial charge < -0.3 is 10.1 Å². The summed E-state index contributed by atoms with van der Waals surface area (Å²) in [6.45, 7) is 6.01. The Bertz CT molecular complexity index is 768. The number of rotatable bonds is 2. The second kappa shape index (κ2) is 4.50. The molecule has 1 unspecified atom stereocenters. The molecule has 1 aromatic heterocycles. The Morgan fingerprint density at radius 1 is 0.900 bits per heavy atom. The first-order valence-corrected chi connectivity index (χ1v) is 6.86. The minimum Gasteiger partial charge on any atom is -0.381 e. The van der Waals surface area contributed by atoms with E-state index >= 15 is 0 Å². The van der Waals surface area contributed by atoms with Crippen molar-refractivity contribution in [3.05, 3.63) is 70.9 Å². The van der Waals surface area contributed by atoms with Crippen molar-refractivity contribution in [2.75, 3.05) is 0 Å². The van der Waals surface area contributed by atoms with Crippen molar-refractivity contribution < 1.29 is 5.11 Å². The van der Waals surface area contributed by atoms with Gasteiger partial charge >= 0.3 is 0 Å². The highest BCUT2D eigenvalue weighted by atomic mass is 16.3. The number of nitrogens with one attached hydrogen (secondary N) is 1. The fraction of sp³-hybridized carbons (Fsp3) is 0.222. The molecule has 0 amide bonds. The second-order valence-corrected chi connectivity index (χ2v) is 5.65.